The second kappa shape index (κ2) is 8.90. The van der Waals surface area contributed by atoms with Gasteiger partial charge in [0.25, 0.3) is 5.91 Å². The largest absolute Gasteiger partial charge is 0.373 e. The van der Waals surface area contributed by atoms with Crippen LogP contribution in [0.5, 0.6) is 0 Å². The maximum atomic E-state index is 13.3. The first-order valence-electron chi connectivity index (χ1n) is 11.2. The highest BCUT2D eigenvalue weighted by Crippen LogP contribution is 2.25. The van der Waals surface area contributed by atoms with E-state index in [1.807, 2.05) is 43.1 Å². The van der Waals surface area contributed by atoms with Crippen molar-refractivity contribution in [3.63, 3.8) is 0 Å². The van der Waals surface area contributed by atoms with Gasteiger partial charge in [0, 0.05) is 50.3 Å². The Morgan fingerprint density at radius 2 is 1.87 bits per heavy atom. The van der Waals surface area contributed by atoms with Gasteiger partial charge in [-0.05, 0) is 64.7 Å². The van der Waals surface area contributed by atoms with E-state index >= 15 is 0 Å². The number of carbonyl (C=O) groups is 1. The van der Waals surface area contributed by atoms with E-state index in [4.69, 9.17) is 4.74 Å². The van der Waals surface area contributed by atoms with Crippen molar-refractivity contribution in [2.45, 2.75) is 52.7 Å². The van der Waals surface area contributed by atoms with E-state index in [-0.39, 0.29) is 5.91 Å². The molecule has 1 amide bonds. The number of aromatic nitrogens is 2. The molecule has 0 aliphatic carbocycles. The zero-order chi connectivity index (χ0) is 21.3. The zero-order valence-electron chi connectivity index (χ0n) is 18.7. The minimum atomic E-state index is 0.158. The molecule has 0 aromatic carbocycles. The summed E-state index contributed by atoms with van der Waals surface area (Å²) in [5.74, 6) is 0.819. The van der Waals surface area contributed by atoms with E-state index in [2.05, 4.69) is 28.3 Å². The molecule has 2 aromatic rings. The number of morpholine rings is 1. The van der Waals surface area contributed by atoms with Crippen molar-refractivity contribution < 1.29 is 9.53 Å². The van der Waals surface area contributed by atoms with Gasteiger partial charge in [-0.1, -0.05) is 0 Å². The molecule has 2 aromatic heterocycles. The van der Waals surface area contributed by atoms with E-state index in [1.54, 1.807) is 6.20 Å². The van der Waals surface area contributed by atoms with Gasteiger partial charge < -0.3 is 14.2 Å². The molecule has 6 nitrogen and oxygen atoms in total. The summed E-state index contributed by atoms with van der Waals surface area (Å²) in [4.78, 5) is 22.1. The fourth-order valence-electron chi connectivity index (χ4n) is 5.15. The summed E-state index contributed by atoms with van der Waals surface area (Å²) in [5, 5.41) is 0. The summed E-state index contributed by atoms with van der Waals surface area (Å²) >= 11 is 0. The number of aryl methyl sites for hydroxylation is 1. The van der Waals surface area contributed by atoms with Crippen molar-refractivity contribution in [2.75, 3.05) is 32.7 Å². The van der Waals surface area contributed by atoms with E-state index in [9.17, 15) is 4.79 Å². The van der Waals surface area contributed by atoms with Crippen LogP contribution in [0.2, 0.25) is 0 Å². The second-order valence-corrected chi connectivity index (χ2v) is 9.04. The van der Waals surface area contributed by atoms with Gasteiger partial charge in [0.05, 0.1) is 29.7 Å². The third-order valence-electron chi connectivity index (χ3n) is 6.48. The van der Waals surface area contributed by atoms with Gasteiger partial charge in [-0.2, -0.15) is 0 Å². The molecule has 6 heteroatoms. The number of ether oxygens (including phenoxy) is 1. The van der Waals surface area contributed by atoms with Crippen LogP contribution < -0.4 is 0 Å². The molecule has 30 heavy (non-hydrogen) atoms. The highest BCUT2D eigenvalue weighted by Gasteiger charge is 2.29. The fourth-order valence-corrected chi connectivity index (χ4v) is 5.15. The number of pyridine rings is 1. The average Bonchev–Trinajstić information content (AvgIpc) is 3.02. The van der Waals surface area contributed by atoms with Crippen LogP contribution in [0.25, 0.3) is 5.69 Å². The number of hydrogen-bond donors (Lipinski definition) is 0. The lowest BCUT2D eigenvalue weighted by Gasteiger charge is -2.39. The Kier molecular flexibility index (Phi) is 6.25. The fraction of sp³-hybridized carbons (Fsp3) is 0.583. The van der Waals surface area contributed by atoms with Gasteiger partial charge in [0.2, 0.25) is 0 Å². The molecule has 4 rings (SSSR count). The Morgan fingerprint density at radius 1 is 1.17 bits per heavy atom. The topological polar surface area (TPSA) is 50.6 Å². The third-order valence-corrected chi connectivity index (χ3v) is 6.48. The highest BCUT2D eigenvalue weighted by atomic mass is 16.5. The standard InChI is InChI=1S/C24H34N4O2/c1-17-12-23(20(4)28(17)22-6-5-9-25-13-22)24(29)27-10-7-21(8-11-27)16-26-14-18(2)30-19(3)15-26/h5-6,9,12-13,18-19,21H,7-8,10-11,14-16H2,1-4H3. The van der Waals surface area contributed by atoms with E-state index in [1.165, 1.54) is 0 Å². The SMILES string of the molecule is Cc1cc(C(=O)N2CCC(CN3CC(C)OC(C)C3)CC2)c(C)n1-c1cccnc1. The number of carbonyl (C=O) groups excluding carboxylic acids is 1. The van der Waals surface area contributed by atoms with Crippen molar-refractivity contribution in [2.24, 2.45) is 5.92 Å². The maximum absolute atomic E-state index is 13.3. The molecule has 2 unspecified atom stereocenters. The number of amides is 1. The van der Waals surface area contributed by atoms with Crippen molar-refractivity contribution in [3.05, 3.63) is 47.5 Å². The van der Waals surface area contributed by atoms with Crippen molar-refractivity contribution in [1.82, 2.24) is 19.4 Å². The van der Waals surface area contributed by atoms with Crippen LogP contribution in [0, 0.1) is 19.8 Å². The molecule has 0 spiro atoms. The van der Waals surface area contributed by atoms with Gasteiger partial charge in [0.1, 0.15) is 0 Å². The Hall–Kier alpha value is -2.18. The predicted molar refractivity (Wildman–Crippen MR) is 118 cm³/mol. The first kappa shape index (κ1) is 21.1. The van der Waals surface area contributed by atoms with Crippen LogP contribution in [-0.2, 0) is 4.74 Å². The minimum Gasteiger partial charge on any atom is -0.373 e. The molecular weight excluding hydrogens is 376 g/mol. The molecule has 2 aliphatic heterocycles. The van der Waals surface area contributed by atoms with Crippen LogP contribution in [0.4, 0.5) is 0 Å². The molecule has 0 bridgehead atoms. The summed E-state index contributed by atoms with van der Waals surface area (Å²) in [6.07, 6.45) is 6.38. The van der Waals surface area contributed by atoms with Crippen LogP contribution >= 0.6 is 0 Å². The number of piperidine rings is 1. The first-order chi connectivity index (χ1) is 14.4. The molecule has 0 radical (unpaired) electrons. The first-order valence-corrected chi connectivity index (χ1v) is 11.2. The summed E-state index contributed by atoms with van der Waals surface area (Å²) in [6, 6.07) is 5.98. The lowest BCUT2D eigenvalue weighted by molar-refractivity contribution is -0.0728. The van der Waals surface area contributed by atoms with Gasteiger partial charge in [-0.3, -0.25) is 14.7 Å². The van der Waals surface area contributed by atoms with Gasteiger partial charge >= 0.3 is 0 Å². The number of rotatable bonds is 4. The number of likely N-dealkylation sites (tertiary alicyclic amines) is 1. The van der Waals surface area contributed by atoms with Gasteiger partial charge in [-0.25, -0.2) is 0 Å². The van der Waals surface area contributed by atoms with E-state index in [0.717, 1.165) is 68.2 Å². The molecule has 2 saturated heterocycles. The lowest BCUT2D eigenvalue weighted by atomic mass is 9.95. The smallest absolute Gasteiger partial charge is 0.255 e. The average molecular weight is 411 g/mol. The maximum Gasteiger partial charge on any atom is 0.255 e. The summed E-state index contributed by atoms with van der Waals surface area (Å²) in [7, 11) is 0. The van der Waals surface area contributed by atoms with Crippen molar-refractivity contribution >= 4 is 5.91 Å². The Labute approximate surface area is 179 Å². The summed E-state index contributed by atoms with van der Waals surface area (Å²) < 4.78 is 7.98. The Morgan fingerprint density at radius 3 is 2.50 bits per heavy atom. The molecule has 2 aliphatic rings. The van der Waals surface area contributed by atoms with Crippen LogP contribution in [-0.4, -0.2) is 70.2 Å². The van der Waals surface area contributed by atoms with E-state index in [0.29, 0.717) is 18.1 Å². The normalized spacial score (nSPS) is 23.7. The predicted octanol–water partition coefficient (Wildman–Crippen LogP) is 3.45. The highest BCUT2D eigenvalue weighted by molar-refractivity contribution is 5.96. The van der Waals surface area contributed by atoms with Gasteiger partial charge in [-0.15, -0.1) is 0 Å². The molecule has 4 heterocycles. The molecular formula is C24H34N4O2. The van der Waals surface area contributed by atoms with Crippen molar-refractivity contribution in [1.29, 1.82) is 0 Å². The molecule has 0 N–H and O–H groups in total. The van der Waals surface area contributed by atoms with Gasteiger partial charge in [0.15, 0.2) is 0 Å². The summed E-state index contributed by atoms with van der Waals surface area (Å²) in [5.41, 5.74) is 3.86. The van der Waals surface area contributed by atoms with E-state index < -0.39 is 0 Å². The monoisotopic (exact) mass is 410 g/mol. The lowest BCUT2D eigenvalue weighted by Crippen LogP contribution is -2.48. The van der Waals surface area contributed by atoms with Crippen LogP contribution in [0.1, 0.15) is 48.4 Å². The Balaban J connectivity index is 1.38. The van der Waals surface area contributed by atoms with Crippen LogP contribution in [0.3, 0.4) is 0 Å². The zero-order valence-corrected chi connectivity index (χ0v) is 18.7. The Bertz CT molecular complexity index is 861. The quantitative estimate of drug-likeness (QED) is 0.775. The number of nitrogens with zero attached hydrogens (tertiary/aromatic N) is 4. The molecule has 0 saturated carbocycles. The molecule has 2 atom stereocenters. The van der Waals surface area contributed by atoms with Crippen LogP contribution in [0.15, 0.2) is 30.6 Å². The summed E-state index contributed by atoms with van der Waals surface area (Å²) in [6.45, 7) is 13.2. The van der Waals surface area contributed by atoms with Crippen molar-refractivity contribution in [3.8, 4) is 5.69 Å². The molecule has 2 fully saturated rings. The molecule has 162 valence electrons. The minimum absolute atomic E-state index is 0.158. The second-order valence-electron chi connectivity index (χ2n) is 9.04. The third kappa shape index (κ3) is 4.44. The number of hydrogen-bond acceptors (Lipinski definition) is 4.